The molecule has 0 aromatic heterocycles. The van der Waals surface area contributed by atoms with Crippen molar-refractivity contribution in [3.63, 3.8) is 0 Å². The van der Waals surface area contributed by atoms with E-state index < -0.39 is 0 Å². The van der Waals surface area contributed by atoms with Crippen LogP contribution in [0.25, 0.3) is 0 Å². The second kappa shape index (κ2) is 6.13. The molecule has 2 saturated carbocycles. The average molecular weight is 266 g/mol. The first-order valence-corrected chi connectivity index (χ1v) is 8.36. The molecule has 0 radical (unpaired) electrons. The van der Waals surface area contributed by atoms with Crippen LogP contribution in [0.5, 0.6) is 0 Å². The standard InChI is InChI=1S/C17H34N2/c1-13(2)12-19(5)16-6-8-17(9-7-16)10-15(11-17)18-14(3)4/h13-16,18H,6-12H2,1-5H3/t15-,16-,17?. The summed E-state index contributed by atoms with van der Waals surface area (Å²) >= 11 is 0. The minimum atomic E-state index is 0.649. The van der Waals surface area contributed by atoms with E-state index in [0.717, 1.165) is 23.4 Å². The first-order valence-electron chi connectivity index (χ1n) is 8.36. The zero-order valence-corrected chi connectivity index (χ0v) is 13.7. The fourth-order valence-corrected chi connectivity index (χ4v) is 4.36. The minimum Gasteiger partial charge on any atom is -0.312 e. The van der Waals surface area contributed by atoms with Crippen molar-refractivity contribution in [1.82, 2.24) is 10.2 Å². The number of rotatable bonds is 5. The first kappa shape index (κ1) is 15.3. The lowest BCUT2D eigenvalue weighted by Crippen LogP contribution is -2.53. The third-order valence-electron chi connectivity index (χ3n) is 5.22. The SMILES string of the molecule is CC(C)CN(C)[C@H]1CCC2(CC1)C[C@H](NC(C)C)C2. The Labute approximate surface area is 120 Å². The van der Waals surface area contributed by atoms with Crippen LogP contribution in [0.3, 0.4) is 0 Å². The lowest BCUT2D eigenvalue weighted by atomic mass is 9.57. The Balaban J connectivity index is 1.72. The van der Waals surface area contributed by atoms with Crippen molar-refractivity contribution in [2.24, 2.45) is 11.3 Å². The second-order valence-electron chi connectivity index (χ2n) is 7.99. The van der Waals surface area contributed by atoms with E-state index >= 15 is 0 Å². The van der Waals surface area contributed by atoms with E-state index in [0.29, 0.717) is 6.04 Å². The Morgan fingerprint density at radius 3 is 2.16 bits per heavy atom. The van der Waals surface area contributed by atoms with E-state index in [9.17, 15) is 0 Å². The molecular weight excluding hydrogens is 232 g/mol. The van der Waals surface area contributed by atoms with E-state index in [-0.39, 0.29) is 0 Å². The summed E-state index contributed by atoms with van der Waals surface area (Å²) in [6.45, 7) is 10.4. The van der Waals surface area contributed by atoms with Gasteiger partial charge in [-0.25, -0.2) is 0 Å². The summed E-state index contributed by atoms with van der Waals surface area (Å²) < 4.78 is 0. The van der Waals surface area contributed by atoms with Crippen LogP contribution in [0.2, 0.25) is 0 Å². The molecule has 0 aromatic carbocycles. The molecule has 1 N–H and O–H groups in total. The molecule has 0 saturated heterocycles. The summed E-state index contributed by atoms with van der Waals surface area (Å²) in [5.41, 5.74) is 0.724. The molecule has 0 heterocycles. The van der Waals surface area contributed by atoms with E-state index in [1.165, 1.54) is 45.1 Å². The van der Waals surface area contributed by atoms with Gasteiger partial charge in [0, 0.05) is 24.7 Å². The van der Waals surface area contributed by atoms with Gasteiger partial charge in [-0.3, -0.25) is 0 Å². The summed E-state index contributed by atoms with van der Waals surface area (Å²) in [5.74, 6) is 0.796. The Bertz CT molecular complexity index is 269. The molecule has 1 spiro atoms. The predicted molar refractivity (Wildman–Crippen MR) is 83.5 cm³/mol. The van der Waals surface area contributed by atoms with Gasteiger partial charge in [-0.1, -0.05) is 27.7 Å². The molecule has 2 nitrogen and oxygen atoms in total. The highest BCUT2D eigenvalue weighted by Gasteiger charge is 2.46. The van der Waals surface area contributed by atoms with Crippen molar-refractivity contribution in [1.29, 1.82) is 0 Å². The van der Waals surface area contributed by atoms with Gasteiger partial charge in [0.2, 0.25) is 0 Å². The Morgan fingerprint density at radius 2 is 1.68 bits per heavy atom. The van der Waals surface area contributed by atoms with Crippen LogP contribution < -0.4 is 5.32 Å². The zero-order chi connectivity index (χ0) is 14.0. The van der Waals surface area contributed by atoms with Gasteiger partial charge >= 0.3 is 0 Å². The molecule has 0 atom stereocenters. The lowest BCUT2D eigenvalue weighted by molar-refractivity contribution is 0.00649. The highest BCUT2D eigenvalue weighted by molar-refractivity contribution is 5.01. The quantitative estimate of drug-likeness (QED) is 0.817. The number of hydrogen-bond donors (Lipinski definition) is 1. The first-order chi connectivity index (χ1) is 8.90. The molecule has 0 unspecified atom stereocenters. The molecule has 2 aliphatic carbocycles. The molecule has 2 fully saturated rings. The largest absolute Gasteiger partial charge is 0.312 e. The summed E-state index contributed by atoms with van der Waals surface area (Å²) in [6.07, 6.45) is 8.67. The summed E-state index contributed by atoms with van der Waals surface area (Å²) in [5, 5.41) is 3.70. The van der Waals surface area contributed by atoms with Crippen molar-refractivity contribution in [3.8, 4) is 0 Å². The normalized spacial score (nSPS) is 35.4. The van der Waals surface area contributed by atoms with Crippen LogP contribution in [0, 0.1) is 11.3 Å². The molecule has 2 rings (SSSR count). The monoisotopic (exact) mass is 266 g/mol. The van der Waals surface area contributed by atoms with Gasteiger partial charge in [0.1, 0.15) is 0 Å². The van der Waals surface area contributed by atoms with Gasteiger partial charge in [0.15, 0.2) is 0 Å². The maximum atomic E-state index is 3.70. The van der Waals surface area contributed by atoms with Crippen molar-refractivity contribution >= 4 is 0 Å². The van der Waals surface area contributed by atoms with Crippen molar-refractivity contribution in [2.45, 2.75) is 84.3 Å². The maximum absolute atomic E-state index is 3.70. The molecule has 0 bridgehead atoms. The van der Waals surface area contributed by atoms with Gasteiger partial charge in [-0.05, 0) is 56.9 Å². The van der Waals surface area contributed by atoms with Crippen molar-refractivity contribution in [2.75, 3.05) is 13.6 Å². The topological polar surface area (TPSA) is 15.3 Å². The van der Waals surface area contributed by atoms with E-state index in [4.69, 9.17) is 0 Å². The zero-order valence-electron chi connectivity index (χ0n) is 13.7. The Hall–Kier alpha value is -0.0800. The van der Waals surface area contributed by atoms with Gasteiger partial charge < -0.3 is 10.2 Å². The van der Waals surface area contributed by atoms with Gasteiger partial charge in [-0.2, -0.15) is 0 Å². The van der Waals surface area contributed by atoms with Gasteiger partial charge in [0.25, 0.3) is 0 Å². The molecule has 2 heteroatoms. The van der Waals surface area contributed by atoms with E-state index in [1.54, 1.807) is 0 Å². The van der Waals surface area contributed by atoms with E-state index in [1.807, 2.05) is 0 Å². The summed E-state index contributed by atoms with van der Waals surface area (Å²) in [6, 6.07) is 2.31. The van der Waals surface area contributed by atoms with Crippen LogP contribution in [-0.2, 0) is 0 Å². The summed E-state index contributed by atoms with van der Waals surface area (Å²) in [4.78, 5) is 2.61. The molecule has 0 aromatic rings. The van der Waals surface area contributed by atoms with Crippen LogP contribution in [0.15, 0.2) is 0 Å². The fourth-order valence-electron chi connectivity index (χ4n) is 4.36. The predicted octanol–water partition coefficient (Wildman–Crippen LogP) is 3.66. The Kier molecular flexibility index (Phi) is 4.94. The maximum Gasteiger partial charge on any atom is 0.00927 e. The fraction of sp³-hybridized carbons (Fsp3) is 1.00. The lowest BCUT2D eigenvalue weighted by Gasteiger charge is -2.53. The van der Waals surface area contributed by atoms with Gasteiger partial charge in [0.05, 0.1) is 0 Å². The van der Waals surface area contributed by atoms with Crippen LogP contribution in [0.1, 0.15) is 66.2 Å². The molecule has 2 aliphatic rings. The molecule has 112 valence electrons. The van der Waals surface area contributed by atoms with E-state index in [2.05, 4.69) is 45.0 Å². The van der Waals surface area contributed by atoms with Crippen molar-refractivity contribution in [3.05, 3.63) is 0 Å². The van der Waals surface area contributed by atoms with Crippen LogP contribution in [-0.4, -0.2) is 36.6 Å². The third kappa shape index (κ3) is 3.95. The number of nitrogens with one attached hydrogen (secondary N) is 1. The molecular formula is C17H34N2. The smallest absolute Gasteiger partial charge is 0.00927 e. The van der Waals surface area contributed by atoms with Crippen molar-refractivity contribution < 1.29 is 0 Å². The van der Waals surface area contributed by atoms with Crippen LogP contribution >= 0.6 is 0 Å². The van der Waals surface area contributed by atoms with Gasteiger partial charge in [-0.15, -0.1) is 0 Å². The highest BCUT2D eigenvalue weighted by atomic mass is 15.1. The number of nitrogens with zero attached hydrogens (tertiary/aromatic N) is 1. The molecule has 19 heavy (non-hydrogen) atoms. The average Bonchev–Trinajstić information content (AvgIpc) is 2.26. The highest BCUT2D eigenvalue weighted by Crippen LogP contribution is 2.52. The second-order valence-corrected chi connectivity index (χ2v) is 7.99. The molecule has 0 aliphatic heterocycles. The minimum absolute atomic E-state index is 0.649. The third-order valence-corrected chi connectivity index (χ3v) is 5.22. The Morgan fingerprint density at radius 1 is 1.11 bits per heavy atom. The van der Waals surface area contributed by atoms with Crippen LogP contribution in [0.4, 0.5) is 0 Å². The summed E-state index contributed by atoms with van der Waals surface area (Å²) in [7, 11) is 2.33. The number of hydrogen-bond acceptors (Lipinski definition) is 2. The molecule has 0 amide bonds.